The number of amides is 1. The molecule has 4 heterocycles. The largest absolute Gasteiger partial charge is 0.334 e. The van der Waals surface area contributed by atoms with E-state index in [9.17, 15) is 4.79 Å². The van der Waals surface area contributed by atoms with Crippen LogP contribution in [0.1, 0.15) is 20.8 Å². The maximum Gasteiger partial charge on any atom is 0.257 e. The van der Waals surface area contributed by atoms with Gasteiger partial charge in [0.15, 0.2) is 5.82 Å². The molecule has 0 saturated carbocycles. The fourth-order valence-corrected chi connectivity index (χ4v) is 3.58. The van der Waals surface area contributed by atoms with Gasteiger partial charge in [-0.15, -0.1) is 11.3 Å². The normalized spacial score (nSPS) is 13.7. The average Bonchev–Trinajstić information content (AvgIpc) is 3.10. The van der Waals surface area contributed by atoms with Crippen LogP contribution in [0.4, 0.5) is 0 Å². The molecule has 23 heavy (non-hydrogen) atoms. The Labute approximate surface area is 137 Å². The molecule has 0 aliphatic carbocycles. The van der Waals surface area contributed by atoms with Gasteiger partial charge in [-0.3, -0.25) is 9.78 Å². The Bertz CT molecular complexity index is 829. The minimum absolute atomic E-state index is 0.0143. The molecular formula is C17H14N4OS. The molecule has 1 aliphatic heterocycles. The smallest absolute Gasteiger partial charge is 0.257 e. The van der Waals surface area contributed by atoms with Gasteiger partial charge in [-0.25, -0.2) is 9.97 Å². The highest BCUT2D eigenvalue weighted by atomic mass is 32.1. The van der Waals surface area contributed by atoms with Crippen molar-refractivity contribution in [3.05, 3.63) is 64.4 Å². The number of thiophene rings is 1. The first-order valence-corrected chi connectivity index (χ1v) is 8.26. The van der Waals surface area contributed by atoms with E-state index in [2.05, 4.69) is 26.4 Å². The molecule has 3 aromatic rings. The summed E-state index contributed by atoms with van der Waals surface area (Å²) in [6.45, 7) is 1.42. The molecule has 0 fully saturated rings. The molecule has 0 unspecified atom stereocenters. The SMILES string of the molecule is O=C(c1cnc(-c2cccnc2)nc1)N1CCc2sccc2C1. The van der Waals surface area contributed by atoms with Crippen LogP contribution in [-0.2, 0) is 13.0 Å². The maximum atomic E-state index is 12.6. The fraction of sp³-hybridized carbons (Fsp3) is 0.176. The van der Waals surface area contributed by atoms with E-state index < -0.39 is 0 Å². The molecular weight excluding hydrogens is 308 g/mol. The molecule has 0 aromatic carbocycles. The summed E-state index contributed by atoms with van der Waals surface area (Å²) in [6.07, 6.45) is 7.53. The molecule has 114 valence electrons. The Morgan fingerprint density at radius 3 is 2.83 bits per heavy atom. The number of fused-ring (bicyclic) bond motifs is 1. The third-order valence-corrected chi connectivity index (χ3v) is 4.94. The van der Waals surface area contributed by atoms with Gasteiger partial charge < -0.3 is 4.90 Å². The van der Waals surface area contributed by atoms with Gasteiger partial charge in [0.25, 0.3) is 5.91 Å². The topological polar surface area (TPSA) is 59.0 Å². The van der Waals surface area contributed by atoms with Crippen molar-refractivity contribution in [1.82, 2.24) is 19.9 Å². The van der Waals surface area contributed by atoms with Gasteiger partial charge in [0, 0.05) is 48.3 Å². The summed E-state index contributed by atoms with van der Waals surface area (Å²) >= 11 is 1.77. The van der Waals surface area contributed by atoms with Crippen LogP contribution in [0.3, 0.4) is 0 Å². The summed E-state index contributed by atoms with van der Waals surface area (Å²) in [5.74, 6) is 0.563. The van der Waals surface area contributed by atoms with Gasteiger partial charge in [-0.2, -0.15) is 0 Å². The minimum Gasteiger partial charge on any atom is -0.334 e. The number of carbonyl (C=O) groups is 1. The number of carbonyl (C=O) groups excluding carboxylic acids is 1. The molecule has 0 atom stereocenters. The number of pyridine rings is 1. The number of hydrogen-bond acceptors (Lipinski definition) is 5. The van der Waals surface area contributed by atoms with Crippen LogP contribution in [-0.4, -0.2) is 32.3 Å². The summed E-state index contributed by atoms with van der Waals surface area (Å²) in [7, 11) is 0. The number of aromatic nitrogens is 3. The van der Waals surface area contributed by atoms with Crippen molar-refractivity contribution in [2.24, 2.45) is 0 Å². The van der Waals surface area contributed by atoms with E-state index in [0.29, 0.717) is 17.9 Å². The van der Waals surface area contributed by atoms with Crippen LogP contribution in [0, 0.1) is 0 Å². The Hall–Kier alpha value is -2.60. The summed E-state index contributed by atoms with van der Waals surface area (Å²) in [5.41, 5.74) is 2.62. The van der Waals surface area contributed by atoms with Gasteiger partial charge >= 0.3 is 0 Å². The summed E-state index contributed by atoms with van der Waals surface area (Å²) in [4.78, 5) is 28.5. The molecule has 0 N–H and O–H groups in total. The Kier molecular flexibility index (Phi) is 3.59. The van der Waals surface area contributed by atoms with E-state index in [0.717, 1.165) is 18.5 Å². The predicted molar refractivity (Wildman–Crippen MR) is 88.0 cm³/mol. The highest BCUT2D eigenvalue weighted by Gasteiger charge is 2.23. The molecule has 0 bridgehead atoms. The average molecular weight is 322 g/mol. The minimum atomic E-state index is -0.0143. The fourth-order valence-electron chi connectivity index (χ4n) is 2.69. The van der Waals surface area contributed by atoms with E-state index in [1.165, 1.54) is 10.4 Å². The van der Waals surface area contributed by atoms with E-state index in [1.54, 1.807) is 36.1 Å². The van der Waals surface area contributed by atoms with Crippen molar-refractivity contribution >= 4 is 17.2 Å². The van der Waals surface area contributed by atoms with Gasteiger partial charge in [-0.05, 0) is 35.6 Å². The van der Waals surface area contributed by atoms with Gasteiger partial charge in [0.1, 0.15) is 0 Å². The quantitative estimate of drug-likeness (QED) is 0.728. The first-order chi connectivity index (χ1) is 11.3. The van der Waals surface area contributed by atoms with Crippen LogP contribution in [0.25, 0.3) is 11.4 Å². The van der Waals surface area contributed by atoms with E-state index in [1.807, 2.05) is 17.0 Å². The van der Waals surface area contributed by atoms with Crippen molar-refractivity contribution in [3.63, 3.8) is 0 Å². The van der Waals surface area contributed by atoms with Crippen molar-refractivity contribution in [2.45, 2.75) is 13.0 Å². The van der Waals surface area contributed by atoms with Crippen molar-refractivity contribution in [3.8, 4) is 11.4 Å². The Balaban J connectivity index is 1.53. The third kappa shape index (κ3) is 2.73. The van der Waals surface area contributed by atoms with Crippen LogP contribution < -0.4 is 0 Å². The zero-order valence-corrected chi connectivity index (χ0v) is 13.2. The van der Waals surface area contributed by atoms with Crippen molar-refractivity contribution in [2.75, 3.05) is 6.54 Å². The highest BCUT2D eigenvalue weighted by Crippen LogP contribution is 2.25. The monoisotopic (exact) mass is 322 g/mol. The van der Waals surface area contributed by atoms with Crippen LogP contribution in [0.15, 0.2) is 48.4 Å². The van der Waals surface area contributed by atoms with E-state index >= 15 is 0 Å². The van der Waals surface area contributed by atoms with E-state index in [-0.39, 0.29) is 5.91 Å². The predicted octanol–water partition coefficient (Wildman–Crippen LogP) is 2.80. The second-order valence-corrected chi connectivity index (χ2v) is 6.38. The lowest BCUT2D eigenvalue weighted by atomic mass is 10.1. The van der Waals surface area contributed by atoms with Crippen LogP contribution in [0.2, 0.25) is 0 Å². The standard InChI is InChI=1S/C17H14N4OS/c22-17(21-6-3-15-13(11-21)4-7-23-15)14-9-19-16(20-10-14)12-2-1-5-18-8-12/h1-2,4-5,7-10H,3,6,11H2. The lowest BCUT2D eigenvalue weighted by molar-refractivity contribution is 0.0735. The second-order valence-electron chi connectivity index (χ2n) is 5.38. The second kappa shape index (κ2) is 5.89. The lowest BCUT2D eigenvalue weighted by Gasteiger charge is -2.26. The van der Waals surface area contributed by atoms with Crippen molar-refractivity contribution < 1.29 is 4.79 Å². The highest BCUT2D eigenvalue weighted by molar-refractivity contribution is 7.10. The first kappa shape index (κ1) is 14.0. The van der Waals surface area contributed by atoms with Gasteiger partial charge in [0.2, 0.25) is 0 Å². The van der Waals surface area contributed by atoms with Crippen molar-refractivity contribution in [1.29, 1.82) is 0 Å². The molecule has 1 aliphatic rings. The molecule has 0 saturated heterocycles. The molecule has 1 amide bonds. The number of rotatable bonds is 2. The van der Waals surface area contributed by atoms with Crippen LogP contribution >= 0.6 is 11.3 Å². The van der Waals surface area contributed by atoms with Gasteiger partial charge in [0.05, 0.1) is 5.56 Å². The Morgan fingerprint density at radius 2 is 2.04 bits per heavy atom. The molecule has 5 nitrogen and oxygen atoms in total. The molecule has 3 aromatic heterocycles. The summed E-state index contributed by atoms with van der Waals surface area (Å²) in [6, 6.07) is 5.83. The Morgan fingerprint density at radius 1 is 1.17 bits per heavy atom. The first-order valence-electron chi connectivity index (χ1n) is 7.38. The number of nitrogens with zero attached hydrogens (tertiary/aromatic N) is 4. The van der Waals surface area contributed by atoms with E-state index in [4.69, 9.17) is 0 Å². The zero-order chi connectivity index (χ0) is 15.6. The molecule has 6 heteroatoms. The van der Waals surface area contributed by atoms with Gasteiger partial charge in [-0.1, -0.05) is 0 Å². The third-order valence-electron chi connectivity index (χ3n) is 3.91. The lowest BCUT2D eigenvalue weighted by Crippen LogP contribution is -2.35. The van der Waals surface area contributed by atoms with Crippen LogP contribution in [0.5, 0.6) is 0 Å². The maximum absolute atomic E-state index is 12.6. The molecule has 0 spiro atoms. The molecule has 4 rings (SSSR count). The molecule has 0 radical (unpaired) electrons. The summed E-state index contributed by atoms with van der Waals surface area (Å²) < 4.78 is 0. The summed E-state index contributed by atoms with van der Waals surface area (Å²) in [5, 5.41) is 2.09. The zero-order valence-electron chi connectivity index (χ0n) is 12.3. The number of hydrogen-bond donors (Lipinski definition) is 0.